The Morgan fingerprint density at radius 1 is 1.22 bits per heavy atom. The lowest BCUT2D eigenvalue weighted by molar-refractivity contribution is 0.184. The van der Waals surface area contributed by atoms with Gasteiger partial charge in [-0.15, -0.1) is 11.8 Å². The van der Waals surface area contributed by atoms with Crippen molar-refractivity contribution in [3.63, 3.8) is 0 Å². The minimum Gasteiger partial charge on any atom is -0.324 e. The Labute approximate surface area is 163 Å². The second-order valence-electron chi connectivity index (χ2n) is 6.76. The maximum absolute atomic E-state index is 12.6. The molecule has 1 N–H and O–H groups in total. The highest BCUT2D eigenvalue weighted by atomic mass is 32.2. The van der Waals surface area contributed by atoms with Gasteiger partial charge >= 0.3 is 6.03 Å². The van der Waals surface area contributed by atoms with Crippen molar-refractivity contribution in [1.29, 1.82) is 0 Å². The fraction of sp³-hybridized carbons (Fsp3) is 0.350. The molecule has 1 aromatic carbocycles. The van der Waals surface area contributed by atoms with E-state index in [0.717, 1.165) is 53.5 Å². The molecule has 1 aliphatic rings. The highest BCUT2D eigenvalue weighted by molar-refractivity contribution is 7.98. The monoisotopic (exact) mass is 381 g/mol. The molecule has 4 rings (SSSR count). The standard InChI is InChI=1S/C20H23N5OS/c1-14-22-18-7-4-10-21-19(18)25(14)16-8-11-24(12-9-16)20(26)23-15-5-3-6-17(13-15)27-2/h3-7,10,13,16H,8-9,11-12H2,1-2H3,(H,23,26). The first-order valence-electron chi connectivity index (χ1n) is 9.15. The highest BCUT2D eigenvalue weighted by Crippen LogP contribution is 2.28. The summed E-state index contributed by atoms with van der Waals surface area (Å²) in [5.41, 5.74) is 2.71. The minimum atomic E-state index is -0.0305. The number of nitrogens with zero attached hydrogens (tertiary/aromatic N) is 4. The Kier molecular flexibility index (Phi) is 5.03. The van der Waals surface area contributed by atoms with Gasteiger partial charge in [0.15, 0.2) is 5.65 Å². The zero-order valence-electron chi connectivity index (χ0n) is 15.6. The summed E-state index contributed by atoms with van der Waals surface area (Å²) in [6.07, 6.45) is 5.65. The summed E-state index contributed by atoms with van der Waals surface area (Å²) in [6.45, 7) is 3.48. The molecule has 2 aromatic heterocycles. The molecule has 0 atom stereocenters. The first-order valence-corrected chi connectivity index (χ1v) is 10.4. The number of aromatic nitrogens is 3. The lowest BCUT2D eigenvalue weighted by atomic mass is 10.0. The van der Waals surface area contributed by atoms with Crippen molar-refractivity contribution in [1.82, 2.24) is 19.4 Å². The van der Waals surface area contributed by atoms with Crippen molar-refractivity contribution in [3.05, 3.63) is 48.4 Å². The van der Waals surface area contributed by atoms with Crippen LogP contribution < -0.4 is 5.32 Å². The number of imidazole rings is 1. The third-order valence-electron chi connectivity index (χ3n) is 5.06. The van der Waals surface area contributed by atoms with Crippen LogP contribution in [0.4, 0.5) is 10.5 Å². The summed E-state index contributed by atoms with van der Waals surface area (Å²) in [4.78, 5) is 24.8. The average molecular weight is 382 g/mol. The van der Waals surface area contributed by atoms with Gasteiger partial charge in [-0.1, -0.05) is 6.07 Å². The molecule has 3 aromatic rings. The molecular formula is C20H23N5OS. The van der Waals surface area contributed by atoms with Crippen LogP contribution in [-0.2, 0) is 0 Å². The lowest BCUT2D eigenvalue weighted by Gasteiger charge is -2.33. The Morgan fingerprint density at radius 2 is 2.04 bits per heavy atom. The lowest BCUT2D eigenvalue weighted by Crippen LogP contribution is -2.41. The van der Waals surface area contributed by atoms with Crippen molar-refractivity contribution in [2.45, 2.75) is 30.7 Å². The number of nitrogens with one attached hydrogen (secondary N) is 1. The van der Waals surface area contributed by atoms with Crippen molar-refractivity contribution in [3.8, 4) is 0 Å². The second kappa shape index (κ2) is 7.60. The fourth-order valence-electron chi connectivity index (χ4n) is 3.71. The van der Waals surface area contributed by atoms with E-state index in [1.54, 1.807) is 11.8 Å². The number of carbonyl (C=O) groups is 1. The molecule has 2 amide bonds. The van der Waals surface area contributed by atoms with Gasteiger partial charge in [0, 0.05) is 35.9 Å². The summed E-state index contributed by atoms with van der Waals surface area (Å²) < 4.78 is 2.23. The molecule has 1 saturated heterocycles. The first kappa shape index (κ1) is 17.9. The molecule has 3 heterocycles. The maximum atomic E-state index is 12.6. The second-order valence-corrected chi connectivity index (χ2v) is 7.64. The van der Waals surface area contributed by atoms with Crippen LogP contribution >= 0.6 is 11.8 Å². The van der Waals surface area contributed by atoms with Gasteiger partial charge in [0.25, 0.3) is 0 Å². The number of piperidine rings is 1. The normalized spacial score (nSPS) is 15.3. The van der Waals surface area contributed by atoms with E-state index in [1.807, 2.05) is 60.7 Å². The number of thioether (sulfide) groups is 1. The third kappa shape index (κ3) is 3.64. The van der Waals surface area contributed by atoms with Crippen LogP contribution in [0.5, 0.6) is 0 Å². The quantitative estimate of drug-likeness (QED) is 0.686. The number of rotatable bonds is 3. The van der Waals surface area contributed by atoms with Crippen molar-refractivity contribution in [2.75, 3.05) is 24.7 Å². The molecule has 0 radical (unpaired) electrons. The summed E-state index contributed by atoms with van der Waals surface area (Å²) in [7, 11) is 0. The number of carbonyl (C=O) groups excluding carboxylic acids is 1. The van der Waals surface area contributed by atoms with Gasteiger partial charge in [-0.3, -0.25) is 0 Å². The predicted octanol–water partition coefficient (Wildman–Crippen LogP) is 4.33. The summed E-state index contributed by atoms with van der Waals surface area (Å²) in [5.74, 6) is 0.987. The van der Waals surface area contributed by atoms with Crippen LogP contribution in [0.15, 0.2) is 47.5 Å². The van der Waals surface area contributed by atoms with Crippen LogP contribution in [0, 0.1) is 6.92 Å². The molecule has 140 valence electrons. The Bertz CT molecular complexity index is 962. The number of fused-ring (bicyclic) bond motifs is 1. The molecule has 0 aliphatic carbocycles. The van der Waals surface area contributed by atoms with Crippen molar-refractivity contribution in [2.24, 2.45) is 0 Å². The largest absolute Gasteiger partial charge is 0.324 e. The smallest absolute Gasteiger partial charge is 0.321 e. The third-order valence-corrected chi connectivity index (χ3v) is 5.79. The molecule has 6 nitrogen and oxygen atoms in total. The Balaban J connectivity index is 1.42. The predicted molar refractivity (Wildman–Crippen MR) is 109 cm³/mol. The van der Waals surface area contributed by atoms with Gasteiger partial charge < -0.3 is 14.8 Å². The Hall–Kier alpha value is -2.54. The molecule has 0 bridgehead atoms. The molecule has 27 heavy (non-hydrogen) atoms. The van der Waals surface area contributed by atoms with Crippen LogP contribution in [0.2, 0.25) is 0 Å². The van der Waals surface area contributed by atoms with E-state index in [1.165, 1.54) is 0 Å². The number of benzene rings is 1. The van der Waals surface area contributed by atoms with Gasteiger partial charge in [-0.2, -0.15) is 0 Å². The molecule has 0 saturated carbocycles. The summed E-state index contributed by atoms with van der Waals surface area (Å²) in [5, 5.41) is 3.02. The topological polar surface area (TPSA) is 63.1 Å². The van der Waals surface area contributed by atoms with Crippen LogP contribution in [0.25, 0.3) is 11.2 Å². The van der Waals surface area contributed by atoms with Crippen LogP contribution in [0.3, 0.4) is 0 Å². The number of likely N-dealkylation sites (tertiary alicyclic amines) is 1. The minimum absolute atomic E-state index is 0.0305. The molecule has 1 aliphatic heterocycles. The zero-order chi connectivity index (χ0) is 18.8. The van der Waals surface area contributed by atoms with E-state index in [4.69, 9.17) is 0 Å². The summed E-state index contributed by atoms with van der Waals surface area (Å²) in [6, 6.07) is 12.1. The van der Waals surface area contributed by atoms with E-state index < -0.39 is 0 Å². The number of urea groups is 1. The highest BCUT2D eigenvalue weighted by Gasteiger charge is 2.26. The number of anilines is 1. The summed E-state index contributed by atoms with van der Waals surface area (Å²) >= 11 is 1.67. The number of aryl methyl sites for hydroxylation is 1. The number of pyridine rings is 1. The molecule has 1 fully saturated rings. The molecular weight excluding hydrogens is 358 g/mol. The van der Waals surface area contributed by atoms with E-state index in [0.29, 0.717) is 6.04 Å². The molecule has 0 unspecified atom stereocenters. The first-order chi connectivity index (χ1) is 13.2. The van der Waals surface area contributed by atoms with Gasteiger partial charge in [0.05, 0.1) is 0 Å². The molecule has 7 heteroatoms. The van der Waals surface area contributed by atoms with E-state index in [2.05, 4.69) is 19.9 Å². The van der Waals surface area contributed by atoms with Gasteiger partial charge in [0.1, 0.15) is 11.3 Å². The fourth-order valence-corrected chi connectivity index (χ4v) is 4.17. The van der Waals surface area contributed by atoms with E-state index in [9.17, 15) is 4.79 Å². The van der Waals surface area contributed by atoms with E-state index >= 15 is 0 Å². The van der Waals surface area contributed by atoms with Crippen molar-refractivity contribution < 1.29 is 4.79 Å². The Morgan fingerprint density at radius 3 is 2.81 bits per heavy atom. The van der Waals surface area contributed by atoms with Gasteiger partial charge in [-0.25, -0.2) is 14.8 Å². The van der Waals surface area contributed by atoms with E-state index in [-0.39, 0.29) is 6.03 Å². The number of hydrogen-bond acceptors (Lipinski definition) is 4. The van der Waals surface area contributed by atoms with Crippen LogP contribution in [-0.4, -0.2) is 44.8 Å². The zero-order valence-corrected chi connectivity index (χ0v) is 16.4. The maximum Gasteiger partial charge on any atom is 0.321 e. The number of amides is 2. The van der Waals surface area contributed by atoms with Gasteiger partial charge in [0.2, 0.25) is 0 Å². The molecule has 0 spiro atoms. The average Bonchev–Trinajstić information content (AvgIpc) is 3.04. The van der Waals surface area contributed by atoms with Gasteiger partial charge in [-0.05, 0) is 56.4 Å². The van der Waals surface area contributed by atoms with Crippen molar-refractivity contribution >= 4 is 34.6 Å². The van der Waals surface area contributed by atoms with Crippen LogP contribution in [0.1, 0.15) is 24.7 Å². The SMILES string of the molecule is CSc1cccc(NC(=O)N2CCC(n3c(C)nc4cccnc43)CC2)c1. The number of hydrogen-bond donors (Lipinski definition) is 1.